The van der Waals surface area contributed by atoms with Gasteiger partial charge in [-0.05, 0) is 37.5 Å². The molecule has 1 aliphatic carbocycles. The summed E-state index contributed by atoms with van der Waals surface area (Å²) >= 11 is 3.67. The topological polar surface area (TPSA) is 105 Å². The largest absolute Gasteiger partial charge is 0.396 e. The van der Waals surface area contributed by atoms with E-state index in [0.29, 0.717) is 56.9 Å². The molecule has 1 saturated carbocycles. The molecule has 8 nitrogen and oxygen atoms in total. The van der Waals surface area contributed by atoms with Crippen LogP contribution in [-0.2, 0) is 23.9 Å². The van der Waals surface area contributed by atoms with Gasteiger partial charge < -0.3 is 19.9 Å². The summed E-state index contributed by atoms with van der Waals surface area (Å²) < 4.78 is 10.1. The van der Waals surface area contributed by atoms with Crippen LogP contribution >= 0.6 is 12.6 Å². The number of aliphatic hydroxyl groups is 1. The third kappa shape index (κ3) is 10.8. The summed E-state index contributed by atoms with van der Waals surface area (Å²) in [5.41, 5.74) is 0. The fraction of sp³-hybridized carbons (Fsp3) is 0.750. The van der Waals surface area contributed by atoms with Crippen LogP contribution in [0.4, 0.5) is 0 Å². The highest BCUT2D eigenvalue weighted by Crippen LogP contribution is 2.29. The molecular weight excluding hydrogens is 396 g/mol. The van der Waals surface area contributed by atoms with Gasteiger partial charge in [0.05, 0.1) is 26.4 Å². The Morgan fingerprint density at radius 1 is 1.14 bits per heavy atom. The predicted molar refractivity (Wildman–Crippen MR) is 113 cm³/mol. The average Bonchev–Trinajstić information content (AvgIpc) is 3.05. The van der Waals surface area contributed by atoms with Crippen molar-refractivity contribution < 1.29 is 29.0 Å². The second-order valence-electron chi connectivity index (χ2n) is 7.11. The number of aliphatic hydroxyl groups excluding tert-OH is 1. The summed E-state index contributed by atoms with van der Waals surface area (Å²) in [6.45, 7) is 2.84. The monoisotopic (exact) mass is 430 g/mol. The molecule has 0 bridgehead atoms. The summed E-state index contributed by atoms with van der Waals surface area (Å²) in [4.78, 5) is 36.3. The maximum atomic E-state index is 11.8. The van der Waals surface area contributed by atoms with Crippen molar-refractivity contribution in [2.75, 3.05) is 52.4 Å². The molecule has 0 aromatic rings. The minimum atomic E-state index is -0.202. The minimum absolute atomic E-state index is 0.0128. The van der Waals surface area contributed by atoms with Crippen LogP contribution in [0.3, 0.4) is 0 Å². The molecule has 0 unspecified atom stereocenters. The lowest BCUT2D eigenvalue weighted by Gasteiger charge is -2.30. The first-order valence-corrected chi connectivity index (χ1v) is 10.7. The van der Waals surface area contributed by atoms with E-state index in [0.717, 1.165) is 25.7 Å². The van der Waals surface area contributed by atoms with E-state index in [-0.39, 0.29) is 24.3 Å². The number of amides is 3. The number of imide groups is 1. The highest BCUT2D eigenvalue weighted by atomic mass is 32.1. The Morgan fingerprint density at radius 3 is 2.28 bits per heavy atom. The second-order valence-corrected chi connectivity index (χ2v) is 7.56. The van der Waals surface area contributed by atoms with E-state index in [2.05, 4.69) is 17.9 Å². The number of rotatable bonds is 11. The van der Waals surface area contributed by atoms with Gasteiger partial charge in [-0.2, -0.15) is 12.6 Å². The second kappa shape index (κ2) is 15.4. The van der Waals surface area contributed by atoms with Crippen LogP contribution in [0.5, 0.6) is 0 Å². The summed E-state index contributed by atoms with van der Waals surface area (Å²) in [5.74, 6) is 1.02. The molecule has 1 fully saturated rings. The van der Waals surface area contributed by atoms with E-state index in [1.54, 1.807) is 7.11 Å². The first-order valence-electron chi connectivity index (χ1n) is 10.1. The SMILES string of the molecule is COCCOCCC(=O)NCC1CCC(CN2C(=O)C=CC2=O)CC1.OCCS. The normalized spacial score (nSPS) is 21.1. The molecule has 1 heterocycles. The van der Waals surface area contributed by atoms with Gasteiger partial charge in [0.25, 0.3) is 11.8 Å². The van der Waals surface area contributed by atoms with Crippen molar-refractivity contribution in [2.45, 2.75) is 32.1 Å². The molecular formula is C20H34N2O6S. The number of carbonyl (C=O) groups is 3. The van der Waals surface area contributed by atoms with E-state index in [1.807, 2.05) is 0 Å². The lowest BCUT2D eigenvalue weighted by atomic mass is 9.81. The fourth-order valence-corrected chi connectivity index (χ4v) is 3.24. The number of ether oxygens (including phenoxy) is 2. The Labute approximate surface area is 178 Å². The third-order valence-corrected chi connectivity index (χ3v) is 5.10. The summed E-state index contributed by atoms with van der Waals surface area (Å²) in [5, 5.41) is 10.8. The molecule has 2 rings (SSSR count). The first kappa shape index (κ1) is 25.6. The molecule has 1 aliphatic heterocycles. The lowest BCUT2D eigenvalue weighted by Crippen LogP contribution is -2.37. The highest BCUT2D eigenvalue weighted by molar-refractivity contribution is 7.80. The number of nitrogens with zero attached hydrogens (tertiary/aromatic N) is 1. The van der Waals surface area contributed by atoms with Crippen molar-refractivity contribution >= 4 is 30.4 Å². The van der Waals surface area contributed by atoms with Crippen LogP contribution in [0.25, 0.3) is 0 Å². The number of methoxy groups -OCH3 is 1. The van der Waals surface area contributed by atoms with Gasteiger partial charge in [0, 0.05) is 44.5 Å². The molecule has 29 heavy (non-hydrogen) atoms. The zero-order valence-corrected chi connectivity index (χ0v) is 18.1. The zero-order valence-electron chi connectivity index (χ0n) is 17.2. The van der Waals surface area contributed by atoms with E-state index < -0.39 is 0 Å². The molecule has 2 N–H and O–H groups in total. The average molecular weight is 431 g/mol. The van der Waals surface area contributed by atoms with Crippen LogP contribution in [0, 0.1) is 11.8 Å². The first-order chi connectivity index (χ1) is 14.0. The minimum Gasteiger partial charge on any atom is -0.396 e. The van der Waals surface area contributed by atoms with Gasteiger partial charge in [-0.1, -0.05) is 0 Å². The molecule has 166 valence electrons. The van der Waals surface area contributed by atoms with Gasteiger partial charge in [0.2, 0.25) is 5.91 Å². The van der Waals surface area contributed by atoms with Gasteiger partial charge >= 0.3 is 0 Å². The summed E-state index contributed by atoms with van der Waals surface area (Å²) in [7, 11) is 1.61. The van der Waals surface area contributed by atoms with Crippen LogP contribution in [0.1, 0.15) is 32.1 Å². The zero-order chi connectivity index (χ0) is 21.5. The Hall–Kier alpha value is -1.42. The highest BCUT2D eigenvalue weighted by Gasteiger charge is 2.29. The Bertz CT molecular complexity index is 515. The van der Waals surface area contributed by atoms with Gasteiger partial charge in [0.1, 0.15) is 0 Å². The van der Waals surface area contributed by atoms with Crippen LogP contribution < -0.4 is 5.32 Å². The van der Waals surface area contributed by atoms with Gasteiger partial charge in [0.15, 0.2) is 0 Å². The van der Waals surface area contributed by atoms with Gasteiger partial charge in [-0.15, -0.1) is 0 Å². The number of hydrogen-bond donors (Lipinski definition) is 3. The molecule has 0 saturated heterocycles. The molecule has 0 aromatic carbocycles. The van der Waals surface area contributed by atoms with Crippen molar-refractivity contribution in [2.24, 2.45) is 11.8 Å². The fourth-order valence-electron chi connectivity index (χ4n) is 3.24. The van der Waals surface area contributed by atoms with Crippen molar-refractivity contribution in [1.82, 2.24) is 10.2 Å². The molecule has 2 aliphatic rings. The predicted octanol–water partition coefficient (Wildman–Crippen LogP) is 0.796. The maximum absolute atomic E-state index is 11.8. The standard InChI is InChI=1S/C18H28N2O5.C2H6OS/c1-24-10-11-25-9-8-16(21)19-12-14-2-4-15(5-3-14)13-20-17(22)6-7-18(20)23;3-1-2-4/h6-7,14-15H,2-5,8-13H2,1H3,(H,19,21);3-4H,1-2H2. The van der Waals surface area contributed by atoms with Gasteiger partial charge in [-0.25, -0.2) is 0 Å². The molecule has 3 amide bonds. The van der Waals surface area contributed by atoms with Crippen molar-refractivity contribution in [1.29, 1.82) is 0 Å². The van der Waals surface area contributed by atoms with Crippen LogP contribution in [0.15, 0.2) is 12.2 Å². The Morgan fingerprint density at radius 2 is 1.72 bits per heavy atom. The summed E-state index contributed by atoms with van der Waals surface area (Å²) in [6, 6.07) is 0. The quantitative estimate of drug-likeness (QED) is 0.254. The van der Waals surface area contributed by atoms with Crippen molar-refractivity contribution in [3.05, 3.63) is 12.2 Å². The lowest BCUT2D eigenvalue weighted by molar-refractivity contribution is -0.137. The number of hydrogen-bond acceptors (Lipinski definition) is 7. The molecule has 0 radical (unpaired) electrons. The van der Waals surface area contributed by atoms with E-state index in [4.69, 9.17) is 14.6 Å². The van der Waals surface area contributed by atoms with Crippen molar-refractivity contribution in [3.8, 4) is 0 Å². The van der Waals surface area contributed by atoms with Crippen LogP contribution in [-0.4, -0.2) is 80.1 Å². The molecule has 9 heteroatoms. The van der Waals surface area contributed by atoms with Gasteiger partial charge in [-0.3, -0.25) is 19.3 Å². The number of nitrogens with one attached hydrogen (secondary N) is 1. The molecule has 0 spiro atoms. The molecule has 0 atom stereocenters. The van der Waals surface area contributed by atoms with E-state index >= 15 is 0 Å². The Kier molecular flexibility index (Phi) is 13.6. The number of thiol groups is 1. The smallest absolute Gasteiger partial charge is 0.253 e. The molecule has 0 aromatic heterocycles. The van der Waals surface area contributed by atoms with Crippen molar-refractivity contribution in [3.63, 3.8) is 0 Å². The van der Waals surface area contributed by atoms with E-state index in [1.165, 1.54) is 17.1 Å². The number of carbonyl (C=O) groups excluding carboxylic acids is 3. The van der Waals surface area contributed by atoms with Crippen LogP contribution in [0.2, 0.25) is 0 Å². The maximum Gasteiger partial charge on any atom is 0.253 e. The third-order valence-electron chi connectivity index (χ3n) is 4.90. The van der Waals surface area contributed by atoms with E-state index in [9.17, 15) is 14.4 Å². The Balaban J connectivity index is 0.000000960. The summed E-state index contributed by atoms with van der Waals surface area (Å²) in [6.07, 6.45) is 7.03.